The molecule has 0 aromatic heterocycles. The molecule has 0 fully saturated rings. The molecule has 110 valence electrons. The Bertz CT molecular complexity index is 646. The topological polar surface area (TPSA) is 44.5 Å². The van der Waals surface area contributed by atoms with Crippen molar-refractivity contribution >= 4 is 0 Å². The van der Waals surface area contributed by atoms with Gasteiger partial charge in [0.05, 0.1) is 7.11 Å². The Morgan fingerprint density at radius 2 is 1.86 bits per heavy atom. The number of methoxy groups -OCH3 is 1. The number of hydrogen-bond acceptors (Lipinski definition) is 3. The van der Waals surface area contributed by atoms with Gasteiger partial charge in [0.15, 0.2) is 0 Å². The SMILES string of the molecule is COc1ccc2c(c1)OC(c1c(C)cccc1C)C[C@H]2N. The highest BCUT2D eigenvalue weighted by atomic mass is 16.5. The van der Waals surface area contributed by atoms with E-state index in [9.17, 15) is 0 Å². The maximum absolute atomic E-state index is 6.34. The Hall–Kier alpha value is -2.00. The molecular weight excluding hydrogens is 262 g/mol. The third-order valence-electron chi connectivity index (χ3n) is 4.22. The minimum atomic E-state index is -0.0105. The lowest BCUT2D eigenvalue weighted by atomic mass is 9.89. The molecule has 1 unspecified atom stereocenters. The molecule has 0 bridgehead atoms. The molecule has 0 spiro atoms. The van der Waals surface area contributed by atoms with Crippen LogP contribution in [0.4, 0.5) is 0 Å². The van der Waals surface area contributed by atoms with Gasteiger partial charge in [-0.15, -0.1) is 0 Å². The van der Waals surface area contributed by atoms with E-state index in [1.165, 1.54) is 16.7 Å². The van der Waals surface area contributed by atoms with E-state index in [2.05, 4.69) is 32.0 Å². The third kappa shape index (κ3) is 2.49. The van der Waals surface area contributed by atoms with E-state index < -0.39 is 0 Å². The van der Waals surface area contributed by atoms with E-state index in [0.717, 1.165) is 23.5 Å². The average molecular weight is 283 g/mol. The van der Waals surface area contributed by atoms with Crippen LogP contribution in [0.3, 0.4) is 0 Å². The lowest BCUT2D eigenvalue weighted by Crippen LogP contribution is -2.25. The summed E-state index contributed by atoms with van der Waals surface area (Å²) >= 11 is 0. The largest absolute Gasteiger partial charge is 0.497 e. The zero-order chi connectivity index (χ0) is 15.0. The molecule has 3 nitrogen and oxygen atoms in total. The Balaban J connectivity index is 2.01. The molecule has 1 aliphatic rings. The van der Waals surface area contributed by atoms with Gasteiger partial charge in [0.1, 0.15) is 17.6 Å². The van der Waals surface area contributed by atoms with Crippen molar-refractivity contribution in [2.75, 3.05) is 7.11 Å². The second kappa shape index (κ2) is 5.41. The van der Waals surface area contributed by atoms with Gasteiger partial charge in [-0.2, -0.15) is 0 Å². The van der Waals surface area contributed by atoms with Crippen molar-refractivity contribution < 1.29 is 9.47 Å². The zero-order valence-corrected chi connectivity index (χ0v) is 12.7. The first-order chi connectivity index (χ1) is 10.1. The van der Waals surface area contributed by atoms with Crippen LogP contribution in [-0.4, -0.2) is 7.11 Å². The van der Waals surface area contributed by atoms with Crippen molar-refractivity contribution in [2.24, 2.45) is 5.73 Å². The Morgan fingerprint density at radius 1 is 1.14 bits per heavy atom. The van der Waals surface area contributed by atoms with E-state index in [0.29, 0.717) is 0 Å². The summed E-state index contributed by atoms with van der Waals surface area (Å²) in [5, 5.41) is 0. The van der Waals surface area contributed by atoms with Crippen LogP contribution in [0.5, 0.6) is 11.5 Å². The summed E-state index contributed by atoms with van der Waals surface area (Å²) in [6, 6.07) is 12.2. The highest BCUT2D eigenvalue weighted by Gasteiger charge is 2.29. The molecule has 1 heterocycles. The molecule has 3 rings (SSSR count). The Kier molecular flexibility index (Phi) is 3.60. The fourth-order valence-corrected chi connectivity index (χ4v) is 3.12. The van der Waals surface area contributed by atoms with Crippen molar-refractivity contribution in [2.45, 2.75) is 32.4 Å². The smallest absolute Gasteiger partial charge is 0.128 e. The molecule has 2 aromatic carbocycles. The standard InChI is InChI=1S/C18H21NO2/c1-11-5-4-6-12(2)18(11)17-10-15(19)14-8-7-13(20-3)9-16(14)21-17/h4-9,15,17H,10,19H2,1-3H3/t15-,17?/m1/s1. The summed E-state index contributed by atoms with van der Waals surface area (Å²) < 4.78 is 11.5. The number of nitrogens with two attached hydrogens (primary N) is 1. The van der Waals surface area contributed by atoms with Gasteiger partial charge in [-0.1, -0.05) is 24.3 Å². The molecular formula is C18H21NO2. The highest BCUT2D eigenvalue weighted by Crippen LogP contribution is 2.42. The summed E-state index contributed by atoms with van der Waals surface area (Å²) in [4.78, 5) is 0. The van der Waals surface area contributed by atoms with Gasteiger partial charge in [-0.3, -0.25) is 0 Å². The fourth-order valence-electron chi connectivity index (χ4n) is 3.12. The zero-order valence-electron chi connectivity index (χ0n) is 12.7. The number of hydrogen-bond donors (Lipinski definition) is 1. The lowest BCUT2D eigenvalue weighted by molar-refractivity contribution is 0.159. The van der Waals surface area contributed by atoms with Crippen LogP contribution in [0.2, 0.25) is 0 Å². The second-order valence-corrected chi connectivity index (χ2v) is 5.66. The van der Waals surface area contributed by atoms with Crippen LogP contribution in [0.15, 0.2) is 36.4 Å². The van der Waals surface area contributed by atoms with E-state index in [-0.39, 0.29) is 12.1 Å². The first-order valence-corrected chi connectivity index (χ1v) is 7.26. The van der Waals surface area contributed by atoms with Gasteiger partial charge in [0, 0.05) is 24.1 Å². The maximum atomic E-state index is 6.34. The molecule has 2 atom stereocenters. The normalized spacial score (nSPS) is 20.6. The van der Waals surface area contributed by atoms with Crippen LogP contribution in [-0.2, 0) is 0 Å². The summed E-state index contributed by atoms with van der Waals surface area (Å²) in [6.45, 7) is 4.25. The van der Waals surface area contributed by atoms with Gasteiger partial charge in [0.2, 0.25) is 0 Å². The second-order valence-electron chi connectivity index (χ2n) is 5.66. The van der Waals surface area contributed by atoms with E-state index in [1.807, 2.05) is 18.2 Å². The molecule has 3 heteroatoms. The van der Waals surface area contributed by atoms with Crippen LogP contribution >= 0.6 is 0 Å². The molecule has 0 radical (unpaired) electrons. The minimum Gasteiger partial charge on any atom is -0.497 e. The van der Waals surface area contributed by atoms with Crippen LogP contribution in [0.1, 0.15) is 40.8 Å². The first-order valence-electron chi connectivity index (χ1n) is 7.26. The maximum Gasteiger partial charge on any atom is 0.128 e. The van der Waals surface area contributed by atoms with Crippen molar-refractivity contribution in [3.8, 4) is 11.5 Å². The van der Waals surface area contributed by atoms with Crippen molar-refractivity contribution in [3.63, 3.8) is 0 Å². The lowest BCUT2D eigenvalue weighted by Gasteiger charge is -2.32. The highest BCUT2D eigenvalue weighted by molar-refractivity contribution is 5.46. The van der Waals surface area contributed by atoms with Crippen LogP contribution in [0.25, 0.3) is 0 Å². The van der Waals surface area contributed by atoms with Crippen LogP contribution in [0, 0.1) is 13.8 Å². The number of fused-ring (bicyclic) bond motifs is 1. The molecule has 2 N–H and O–H groups in total. The number of aryl methyl sites for hydroxylation is 2. The average Bonchev–Trinajstić information content (AvgIpc) is 2.46. The predicted octanol–water partition coefficient (Wildman–Crippen LogP) is 3.84. The van der Waals surface area contributed by atoms with Crippen molar-refractivity contribution in [3.05, 3.63) is 58.7 Å². The van der Waals surface area contributed by atoms with Crippen molar-refractivity contribution in [1.82, 2.24) is 0 Å². The predicted molar refractivity (Wildman–Crippen MR) is 83.8 cm³/mol. The molecule has 0 saturated carbocycles. The third-order valence-corrected chi connectivity index (χ3v) is 4.22. The minimum absolute atomic E-state index is 0.000746. The molecule has 0 saturated heterocycles. The number of ether oxygens (including phenoxy) is 2. The quantitative estimate of drug-likeness (QED) is 0.911. The van der Waals surface area contributed by atoms with Gasteiger partial charge in [0.25, 0.3) is 0 Å². The first kappa shape index (κ1) is 14.0. The summed E-state index contributed by atoms with van der Waals surface area (Å²) in [5.41, 5.74) is 11.1. The molecule has 2 aromatic rings. The van der Waals surface area contributed by atoms with E-state index in [1.54, 1.807) is 7.11 Å². The van der Waals surface area contributed by atoms with Gasteiger partial charge in [-0.25, -0.2) is 0 Å². The molecule has 0 amide bonds. The molecule has 0 aliphatic carbocycles. The van der Waals surface area contributed by atoms with Gasteiger partial charge in [-0.05, 0) is 36.6 Å². The summed E-state index contributed by atoms with van der Waals surface area (Å²) in [7, 11) is 1.66. The van der Waals surface area contributed by atoms with Gasteiger partial charge >= 0.3 is 0 Å². The fraction of sp³-hybridized carbons (Fsp3) is 0.333. The molecule has 21 heavy (non-hydrogen) atoms. The van der Waals surface area contributed by atoms with E-state index >= 15 is 0 Å². The van der Waals surface area contributed by atoms with Gasteiger partial charge < -0.3 is 15.2 Å². The Morgan fingerprint density at radius 3 is 2.52 bits per heavy atom. The monoisotopic (exact) mass is 283 g/mol. The number of rotatable bonds is 2. The van der Waals surface area contributed by atoms with Crippen LogP contribution < -0.4 is 15.2 Å². The molecule has 1 aliphatic heterocycles. The Labute approximate surface area is 125 Å². The van der Waals surface area contributed by atoms with E-state index in [4.69, 9.17) is 15.2 Å². The summed E-state index contributed by atoms with van der Waals surface area (Å²) in [5.74, 6) is 1.63. The number of benzene rings is 2. The van der Waals surface area contributed by atoms with Crippen molar-refractivity contribution in [1.29, 1.82) is 0 Å². The summed E-state index contributed by atoms with van der Waals surface area (Å²) in [6.07, 6.45) is 0.797.